The highest BCUT2D eigenvalue weighted by atomic mass is 16.5. The number of benzene rings is 1. The lowest BCUT2D eigenvalue weighted by Gasteiger charge is -2.27. The summed E-state index contributed by atoms with van der Waals surface area (Å²) in [5, 5.41) is 0. The second kappa shape index (κ2) is 5.36. The van der Waals surface area contributed by atoms with Crippen molar-refractivity contribution >= 4 is 23.1 Å². The Morgan fingerprint density at radius 3 is 2.60 bits per heavy atom. The molecule has 0 spiro atoms. The summed E-state index contributed by atoms with van der Waals surface area (Å²) in [4.78, 5) is 25.0. The topological polar surface area (TPSA) is 55.8 Å². The van der Waals surface area contributed by atoms with Gasteiger partial charge < -0.3 is 14.4 Å². The standard InChI is InChI=1S/C15H17NO4/c1-9(15(18)20-4)11-8-12-10(7-13(11)19-3)5-6-14(17)16(12)2/h7-8H,1,5-6H2,2-4H3. The van der Waals surface area contributed by atoms with E-state index in [0.717, 1.165) is 11.3 Å². The molecule has 1 aliphatic heterocycles. The zero-order chi connectivity index (χ0) is 14.9. The van der Waals surface area contributed by atoms with E-state index in [2.05, 4.69) is 11.3 Å². The van der Waals surface area contributed by atoms with Crippen LogP contribution in [0.15, 0.2) is 18.7 Å². The maximum absolute atomic E-state index is 11.8. The van der Waals surface area contributed by atoms with E-state index in [9.17, 15) is 9.59 Å². The van der Waals surface area contributed by atoms with Crippen LogP contribution in [0.2, 0.25) is 0 Å². The molecule has 106 valence electrons. The van der Waals surface area contributed by atoms with E-state index in [1.165, 1.54) is 14.2 Å². The summed E-state index contributed by atoms with van der Waals surface area (Å²) in [6.45, 7) is 3.74. The molecule has 1 aliphatic rings. The Kier molecular flexibility index (Phi) is 3.79. The number of hydrogen-bond acceptors (Lipinski definition) is 4. The minimum atomic E-state index is -0.520. The van der Waals surface area contributed by atoms with Gasteiger partial charge in [0.2, 0.25) is 5.91 Å². The molecule has 1 amide bonds. The van der Waals surface area contributed by atoms with Crippen molar-refractivity contribution in [1.82, 2.24) is 0 Å². The smallest absolute Gasteiger partial charge is 0.337 e. The lowest BCUT2D eigenvalue weighted by Crippen LogP contribution is -2.31. The van der Waals surface area contributed by atoms with E-state index in [4.69, 9.17) is 4.74 Å². The summed E-state index contributed by atoms with van der Waals surface area (Å²) < 4.78 is 10.0. The summed E-state index contributed by atoms with van der Waals surface area (Å²) >= 11 is 0. The van der Waals surface area contributed by atoms with Crippen molar-refractivity contribution in [2.24, 2.45) is 0 Å². The number of rotatable bonds is 3. The number of hydrogen-bond donors (Lipinski definition) is 0. The third-order valence-electron chi connectivity index (χ3n) is 3.50. The second-order valence-corrected chi connectivity index (χ2v) is 4.60. The molecule has 0 aromatic heterocycles. The van der Waals surface area contributed by atoms with Gasteiger partial charge in [0, 0.05) is 24.7 Å². The molecule has 0 aliphatic carbocycles. The van der Waals surface area contributed by atoms with Gasteiger partial charge in [-0.2, -0.15) is 0 Å². The Labute approximate surface area is 117 Å². The van der Waals surface area contributed by atoms with Crippen molar-refractivity contribution in [2.45, 2.75) is 12.8 Å². The van der Waals surface area contributed by atoms with Gasteiger partial charge in [-0.25, -0.2) is 4.79 Å². The SMILES string of the molecule is C=C(C(=O)OC)c1cc2c(cc1OC)CCC(=O)N2C. The molecule has 1 aromatic carbocycles. The van der Waals surface area contributed by atoms with Gasteiger partial charge in [-0.1, -0.05) is 6.58 Å². The van der Waals surface area contributed by atoms with E-state index in [1.807, 2.05) is 6.07 Å². The molecule has 1 aromatic rings. The summed E-state index contributed by atoms with van der Waals surface area (Å²) in [5.41, 5.74) is 2.55. The third kappa shape index (κ3) is 2.27. The first-order valence-electron chi connectivity index (χ1n) is 6.24. The van der Waals surface area contributed by atoms with E-state index >= 15 is 0 Å². The molecule has 20 heavy (non-hydrogen) atoms. The lowest BCUT2D eigenvalue weighted by molar-refractivity contribution is -0.133. The van der Waals surface area contributed by atoms with Gasteiger partial charge in [-0.15, -0.1) is 0 Å². The first kappa shape index (κ1) is 14.1. The number of ether oxygens (including phenoxy) is 2. The molecule has 0 saturated heterocycles. The minimum Gasteiger partial charge on any atom is -0.496 e. The first-order chi connectivity index (χ1) is 9.49. The number of anilines is 1. The molecule has 0 radical (unpaired) electrons. The van der Waals surface area contributed by atoms with Crippen molar-refractivity contribution < 1.29 is 19.1 Å². The number of carbonyl (C=O) groups is 2. The Bertz CT molecular complexity index is 592. The first-order valence-corrected chi connectivity index (χ1v) is 6.24. The Hall–Kier alpha value is -2.30. The second-order valence-electron chi connectivity index (χ2n) is 4.60. The molecule has 5 heteroatoms. The predicted octanol–water partition coefficient (Wildman–Crippen LogP) is 1.79. The maximum Gasteiger partial charge on any atom is 0.337 e. The van der Waals surface area contributed by atoms with Gasteiger partial charge in [0.15, 0.2) is 0 Å². The highest BCUT2D eigenvalue weighted by Crippen LogP contribution is 2.36. The van der Waals surface area contributed by atoms with E-state index in [0.29, 0.717) is 24.2 Å². The van der Waals surface area contributed by atoms with Gasteiger partial charge in [0.05, 0.1) is 19.8 Å². The van der Waals surface area contributed by atoms with Crippen LogP contribution in [0.4, 0.5) is 5.69 Å². The van der Waals surface area contributed by atoms with E-state index in [-0.39, 0.29) is 11.5 Å². The van der Waals surface area contributed by atoms with Crippen molar-refractivity contribution in [1.29, 1.82) is 0 Å². The third-order valence-corrected chi connectivity index (χ3v) is 3.50. The molecule has 0 fully saturated rings. The fraction of sp³-hybridized carbons (Fsp3) is 0.333. The summed E-state index contributed by atoms with van der Waals surface area (Å²) in [5.74, 6) is 0.0900. The summed E-state index contributed by atoms with van der Waals surface area (Å²) in [6.07, 6.45) is 1.14. The van der Waals surface area contributed by atoms with Gasteiger partial charge in [-0.05, 0) is 24.1 Å². The zero-order valence-electron chi connectivity index (χ0n) is 11.9. The molecule has 0 unspecified atom stereocenters. The minimum absolute atomic E-state index is 0.0531. The lowest BCUT2D eigenvalue weighted by atomic mass is 9.96. The molecule has 2 rings (SSSR count). The van der Waals surface area contributed by atoms with E-state index in [1.54, 1.807) is 18.0 Å². The van der Waals surface area contributed by atoms with Crippen LogP contribution >= 0.6 is 0 Å². The van der Waals surface area contributed by atoms with Crippen molar-refractivity contribution in [3.63, 3.8) is 0 Å². The highest BCUT2D eigenvalue weighted by Gasteiger charge is 2.25. The Morgan fingerprint density at radius 2 is 2.00 bits per heavy atom. The molecular formula is C15H17NO4. The number of nitrogens with zero attached hydrogens (tertiary/aromatic N) is 1. The van der Waals surface area contributed by atoms with Crippen LogP contribution in [0.1, 0.15) is 17.5 Å². The predicted molar refractivity (Wildman–Crippen MR) is 75.8 cm³/mol. The number of esters is 1. The Morgan fingerprint density at radius 1 is 1.30 bits per heavy atom. The van der Waals surface area contributed by atoms with Gasteiger partial charge >= 0.3 is 5.97 Å². The van der Waals surface area contributed by atoms with Crippen LogP contribution in [-0.2, 0) is 20.7 Å². The normalized spacial score (nSPS) is 13.8. The number of fused-ring (bicyclic) bond motifs is 1. The summed E-state index contributed by atoms with van der Waals surface area (Å²) in [6, 6.07) is 3.60. The largest absolute Gasteiger partial charge is 0.496 e. The molecule has 0 N–H and O–H groups in total. The van der Waals surface area contributed by atoms with Crippen LogP contribution in [0.25, 0.3) is 5.57 Å². The number of aryl methyl sites for hydroxylation is 1. The molecule has 5 nitrogen and oxygen atoms in total. The Balaban J connectivity index is 2.55. The van der Waals surface area contributed by atoms with Crippen LogP contribution in [0, 0.1) is 0 Å². The zero-order valence-corrected chi connectivity index (χ0v) is 11.9. The quantitative estimate of drug-likeness (QED) is 0.623. The monoisotopic (exact) mass is 275 g/mol. The number of amides is 1. The number of carbonyl (C=O) groups excluding carboxylic acids is 2. The van der Waals surface area contributed by atoms with Crippen molar-refractivity contribution in [3.05, 3.63) is 29.8 Å². The average molecular weight is 275 g/mol. The fourth-order valence-corrected chi connectivity index (χ4v) is 2.30. The maximum atomic E-state index is 11.8. The van der Waals surface area contributed by atoms with E-state index < -0.39 is 5.97 Å². The van der Waals surface area contributed by atoms with Gasteiger partial charge in [0.1, 0.15) is 5.75 Å². The molecule has 0 saturated carbocycles. The molecule has 0 bridgehead atoms. The van der Waals surface area contributed by atoms with Crippen LogP contribution in [0.3, 0.4) is 0 Å². The average Bonchev–Trinajstić information content (AvgIpc) is 2.48. The molecule has 1 heterocycles. The summed E-state index contributed by atoms with van der Waals surface area (Å²) in [7, 11) is 4.55. The number of methoxy groups -OCH3 is 2. The van der Waals surface area contributed by atoms with Crippen LogP contribution in [0.5, 0.6) is 5.75 Å². The van der Waals surface area contributed by atoms with Crippen molar-refractivity contribution in [3.8, 4) is 5.75 Å². The van der Waals surface area contributed by atoms with Crippen LogP contribution in [-0.4, -0.2) is 33.1 Å². The van der Waals surface area contributed by atoms with Crippen molar-refractivity contribution in [2.75, 3.05) is 26.2 Å². The van der Waals surface area contributed by atoms with Crippen LogP contribution < -0.4 is 9.64 Å². The molecule has 0 atom stereocenters. The van der Waals surface area contributed by atoms with Gasteiger partial charge in [-0.3, -0.25) is 4.79 Å². The fourth-order valence-electron chi connectivity index (χ4n) is 2.30. The molecular weight excluding hydrogens is 258 g/mol. The van der Waals surface area contributed by atoms with Gasteiger partial charge in [0.25, 0.3) is 0 Å². The highest BCUT2D eigenvalue weighted by molar-refractivity contribution is 6.17.